The van der Waals surface area contributed by atoms with Crippen LogP contribution in [0.15, 0.2) is 67.1 Å². The molecule has 0 saturated carbocycles. The first-order chi connectivity index (χ1) is 12.0. The van der Waals surface area contributed by atoms with E-state index >= 15 is 0 Å². The smallest absolute Gasteiger partial charge is 0.287 e. The summed E-state index contributed by atoms with van der Waals surface area (Å²) >= 11 is 0. The fraction of sp³-hybridized carbons (Fsp3) is 0.105. The van der Waals surface area contributed by atoms with Gasteiger partial charge in [0.15, 0.2) is 12.2 Å². The van der Waals surface area contributed by atoms with Crippen molar-refractivity contribution in [3.05, 3.63) is 88.4 Å². The Morgan fingerprint density at radius 3 is 2.58 bits per heavy atom. The highest BCUT2D eigenvalue weighted by Crippen LogP contribution is 2.19. The number of aromatic nitrogens is 2. The van der Waals surface area contributed by atoms with Crippen molar-refractivity contribution in [2.24, 2.45) is 0 Å². The molecule has 0 N–H and O–H groups in total. The van der Waals surface area contributed by atoms with E-state index in [1.54, 1.807) is 23.2 Å². The Morgan fingerprint density at radius 2 is 1.92 bits per heavy atom. The molecule has 0 fully saturated rings. The first kappa shape index (κ1) is 19.4. The van der Waals surface area contributed by atoms with Gasteiger partial charge in [-0.2, -0.15) is 0 Å². The van der Waals surface area contributed by atoms with Crippen LogP contribution in [0.5, 0.6) is 0 Å². The Kier molecular flexibility index (Phi) is 6.30. The van der Waals surface area contributed by atoms with Crippen molar-refractivity contribution in [2.75, 3.05) is 0 Å². The van der Waals surface area contributed by atoms with Gasteiger partial charge >= 0.3 is 0 Å². The highest BCUT2D eigenvalue weighted by Gasteiger charge is 2.15. The number of non-ortho nitro benzene ring substituents is 1. The largest absolute Gasteiger partial charge is 1.00 e. The first-order valence-corrected chi connectivity index (χ1v) is 7.73. The van der Waals surface area contributed by atoms with Crippen LogP contribution in [0.2, 0.25) is 0 Å². The number of ketones is 1. The molecule has 132 valence electrons. The average molecular weight is 414 g/mol. The number of halogens is 1. The molecule has 0 unspecified atom stereocenters. The van der Waals surface area contributed by atoms with Crippen molar-refractivity contribution < 1.29 is 31.3 Å². The fourth-order valence-corrected chi connectivity index (χ4v) is 2.55. The van der Waals surface area contributed by atoms with Crippen molar-refractivity contribution >= 4 is 11.5 Å². The zero-order valence-corrected chi connectivity index (χ0v) is 15.6. The number of carbonyl (C=O) groups excluding carboxylic acids is 1. The maximum Gasteiger partial charge on any atom is 0.287 e. The monoisotopic (exact) mass is 413 g/mol. The number of benzene rings is 2. The number of aryl methyl sites for hydroxylation is 1. The zero-order chi connectivity index (χ0) is 17.8. The maximum atomic E-state index is 12.3. The lowest BCUT2D eigenvalue weighted by atomic mass is 10.1. The van der Waals surface area contributed by atoms with E-state index in [1.807, 2.05) is 37.3 Å². The van der Waals surface area contributed by atoms with Gasteiger partial charge in [-0.1, -0.05) is 36.4 Å². The standard InChI is InChI=1S/C19H16N3O3.BrH/c1-14-5-2-3-8-17(14)18-9-10-21(13-20-18)12-19(23)15-6-4-7-16(11-15)22(24)25;/h2-11,13H,12H2,1H3;1H/q+1;/p-1. The minimum atomic E-state index is -0.511. The highest BCUT2D eigenvalue weighted by atomic mass is 79.9. The van der Waals surface area contributed by atoms with Gasteiger partial charge in [0.1, 0.15) is 0 Å². The Hall–Kier alpha value is -2.93. The molecule has 0 bridgehead atoms. The fourth-order valence-electron chi connectivity index (χ4n) is 2.55. The minimum Gasteiger partial charge on any atom is -1.00 e. The van der Waals surface area contributed by atoms with Crippen LogP contribution in [0.3, 0.4) is 0 Å². The lowest BCUT2D eigenvalue weighted by Gasteiger charge is -2.02. The van der Waals surface area contributed by atoms with Crippen molar-refractivity contribution in [1.29, 1.82) is 0 Å². The van der Waals surface area contributed by atoms with E-state index in [0.717, 1.165) is 16.8 Å². The normalized spacial score (nSPS) is 10.0. The SMILES string of the molecule is Cc1ccccc1-c1cc[n+](CC(=O)c2cccc([N+](=O)[O-])c2)cn1.[Br-]. The van der Waals surface area contributed by atoms with Crippen molar-refractivity contribution in [2.45, 2.75) is 13.5 Å². The first-order valence-electron chi connectivity index (χ1n) is 7.73. The summed E-state index contributed by atoms with van der Waals surface area (Å²) in [4.78, 5) is 27.0. The van der Waals surface area contributed by atoms with E-state index in [1.165, 1.54) is 18.2 Å². The Labute approximate surface area is 161 Å². The molecule has 26 heavy (non-hydrogen) atoms. The molecule has 0 aliphatic carbocycles. The predicted octanol–water partition coefficient (Wildman–Crippen LogP) is 0.140. The third kappa shape index (κ3) is 4.37. The number of hydrogen-bond donors (Lipinski definition) is 0. The Balaban J connectivity index is 0.00000243. The summed E-state index contributed by atoms with van der Waals surface area (Å²) < 4.78 is 1.66. The van der Waals surface area contributed by atoms with E-state index in [0.29, 0.717) is 5.56 Å². The number of carbonyl (C=O) groups is 1. The predicted molar refractivity (Wildman–Crippen MR) is 92.0 cm³/mol. The van der Waals surface area contributed by atoms with Crippen LogP contribution in [0.4, 0.5) is 5.69 Å². The van der Waals surface area contributed by atoms with Gasteiger partial charge in [-0.25, -0.2) is 4.57 Å². The molecule has 0 aliphatic rings. The molecule has 0 spiro atoms. The number of rotatable bonds is 5. The average Bonchev–Trinajstić information content (AvgIpc) is 2.63. The summed E-state index contributed by atoms with van der Waals surface area (Å²) in [6.45, 7) is 2.09. The van der Waals surface area contributed by atoms with Crippen LogP contribution in [-0.4, -0.2) is 15.7 Å². The van der Waals surface area contributed by atoms with E-state index in [-0.39, 0.29) is 35.0 Å². The van der Waals surface area contributed by atoms with Crippen LogP contribution >= 0.6 is 0 Å². The minimum absolute atomic E-state index is 0. The summed E-state index contributed by atoms with van der Waals surface area (Å²) in [5.74, 6) is -0.209. The van der Waals surface area contributed by atoms with Crippen molar-refractivity contribution in [3.63, 3.8) is 0 Å². The quantitative estimate of drug-likeness (QED) is 0.258. The van der Waals surface area contributed by atoms with Crippen LogP contribution < -0.4 is 21.5 Å². The van der Waals surface area contributed by atoms with Gasteiger partial charge in [0, 0.05) is 29.3 Å². The molecular weight excluding hydrogens is 398 g/mol. The third-order valence-electron chi connectivity index (χ3n) is 3.90. The number of hydrogen-bond acceptors (Lipinski definition) is 4. The van der Waals surface area contributed by atoms with E-state index in [2.05, 4.69) is 4.98 Å². The van der Waals surface area contributed by atoms with Crippen molar-refractivity contribution in [3.8, 4) is 11.3 Å². The summed E-state index contributed by atoms with van der Waals surface area (Å²) in [5, 5.41) is 10.8. The summed E-state index contributed by atoms with van der Waals surface area (Å²) in [6, 6.07) is 15.5. The number of nitro benzene ring substituents is 1. The molecular formula is C19H16BrN3O3. The van der Waals surface area contributed by atoms with E-state index in [4.69, 9.17) is 0 Å². The van der Waals surface area contributed by atoms with Gasteiger partial charge in [-0.15, -0.1) is 0 Å². The second-order valence-electron chi connectivity index (χ2n) is 5.66. The molecule has 1 heterocycles. The van der Waals surface area contributed by atoms with Gasteiger partial charge in [0.2, 0.25) is 5.78 Å². The zero-order valence-electron chi connectivity index (χ0n) is 14.0. The number of nitrogens with zero attached hydrogens (tertiary/aromatic N) is 3. The summed E-state index contributed by atoms with van der Waals surface area (Å²) in [7, 11) is 0. The van der Waals surface area contributed by atoms with Crippen LogP contribution in [0.25, 0.3) is 11.3 Å². The second kappa shape index (κ2) is 8.44. The molecule has 0 radical (unpaired) electrons. The molecule has 3 aromatic rings. The van der Waals surface area contributed by atoms with E-state index in [9.17, 15) is 14.9 Å². The molecule has 0 atom stereocenters. The van der Waals surface area contributed by atoms with Gasteiger partial charge in [0.25, 0.3) is 12.0 Å². The molecule has 7 heteroatoms. The second-order valence-corrected chi connectivity index (χ2v) is 5.66. The van der Waals surface area contributed by atoms with Crippen molar-refractivity contribution in [1.82, 2.24) is 4.98 Å². The molecule has 0 saturated heterocycles. The molecule has 2 aromatic carbocycles. The number of Topliss-reactive ketones (excluding diaryl/α,β-unsaturated/α-hetero) is 1. The van der Waals surface area contributed by atoms with Gasteiger partial charge in [-0.05, 0) is 17.5 Å². The van der Waals surface area contributed by atoms with Gasteiger partial charge in [-0.3, -0.25) is 14.9 Å². The molecule has 0 amide bonds. The van der Waals surface area contributed by atoms with Gasteiger partial charge in [0.05, 0.1) is 11.1 Å². The van der Waals surface area contributed by atoms with Crippen LogP contribution in [-0.2, 0) is 6.54 Å². The summed E-state index contributed by atoms with van der Waals surface area (Å²) in [6.07, 6.45) is 3.38. The summed E-state index contributed by atoms with van der Waals surface area (Å²) in [5.41, 5.74) is 3.21. The third-order valence-corrected chi connectivity index (χ3v) is 3.90. The highest BCUT2D eigenvalue weighted by molar-refractivity contribution is 5.95. The Morgan fingerprint density at radius 1 is 1.15 bits per heavy atom. The lowest BCUT2D eigenvalue weighted by molar-refractivity contribution is -0.686. The topological polar surface area (TPSA) is 77.0 Å². The maximum absolute atomic E-state index is 12.3. The molecule has 1 aromatic heterocycles. The van der Waals surface area contributed by atoms with Crippen LogP contribution in [0, 0.1) is 17.0 Å². The molecule has 0 aliphatic heterocycles. The number of nitro groups is 1. The van der Waals surface area contributed by atoms with E-state index < -0.39 is 4.92 Å². The Bertz CT molecular complexity index is 943. The van der Waals surface area contributed by atoms with Crippen LogP contribution in [0.1, 0.15) is 15.9 Å². The molecule has 3 rings (SSSR count). The molecule has 6 nitrogen and oxygen atoms in total. The lowest BCUT2D eigenvalue weighted by Crippen LogP contribution is -3.00. The van der Waals surface area contributed by atoms with Gasteiger partial charge < -0.3 is 17.0 Å².